The van der Waals surface area contributed by atoms with Gasteiger partial charge in [0.2, 0.25) is 11.8 Å². The Morgan fingerprint density at radius 1 is 1.07 bits per heavy atom. The van der Waals surface area contributed by atoms with E-state index >= 15 is 0 Å². The van der Waals surface area contributed by atoms with Gasteiger partial charge in [0.15, 0.2) is 0 Å². The third-order valence-electron chi connectivity index (χ3n) is 6.78. The van der Waals surface area contributed by atoms with Crippen LogP contribution in [0.3, 0.4) is 0 Å². The number of fused-ring (bicyclic) bond motifs is 2. The summed E-state index contributed by atoms with van der Waals surface area (Å²) in [4.78, 5) is 4.82. The maximum Gasteiger partial charge on any atom is 0.388 e. The van der Waals surface area contributed by atoms with E-state index < -0.39 is 18.7 Å². The van der Waals surface area contributed by atoms with E-state index in [4.69, 9.17) is 24.7 Å². The van der Waals surface area contributed by atoms with E-state index in [1.165, 1.54) is 27.5 Å². The SMILES string of the molecule is Cn1cc(-c2c3cccn(Cc4ccccc4)c-3nc2-c2c(C(F)F)nn3c2OCCC3)c(OC(F)F)n1.NSCCCO. The fraction of sp³-hybridized carbons (Fsp3) is 0.345. The second-order valence-corrected chi connectivity index (χ2v) is 10.6. The Kier molecular flexibility index (Phi) is 10.1. The van der Waals surface area contributed by atoms with Crippen LogP contribution in [0.15, 0.2) is 54.9 Å². The molecule has 2 aromatic heterocycles. The minimum absolute atomic E-state index is 0.0315. The Morgan fingerprint density at radius 3 is 2.55 bits per heavy atom. The lowest BCUT2D eigenvalue weighted by Gasteiger charge is -2.16. The molecule has 0 spiro atoms. The number of nitrogens with zero attached hydrogens (tertiary/aromatic N) is 6. The highest BCUT2D eigenvalue weighted by molar-refractivity contribution is 7.97. The van der Waals surface area contributed by atoms with Crippen LogP contribution < -0.4 is 14.6 Å². The molecule has 234 valence electrons. The molecule has 0 fully saturated rings. The molecule has 0 saturated heterocycles. The van der Waals surface area contributed by atoms with Crippen LogP contribution in [-0.2, 0) is 20.1 Å². The number of pyridine rings is 1. The summed E-state index contributed by atoms with van der Waals surface area (Å²) < 4.78 is 70.4. The van der Waals surface area contributed by atoms with Gasteiger partial charge in [-0.15, -0.1) is 5.10 Å². The number of aliphatic hydroxyl groups is 1. The topological polar surface area (TPSA) is 118 Å². The van der Waals surface area contributed by atoms with Gasteiger partial charge in [0, 0.05) is 62.4 Å². The fourth-order valence-corrected chi connectivity index (χ4v) is 5.29. The summed E-state index contributed by atoms with van der Waals surface area (Å²) in [5.74, 6) is 1.17. The van der Waals surface area contributed by atoms with Gasteiger partial charge in [-0.1, -0.05) is 42.3 Å². The van der Waals surface area contributed by atoms with Crippen LogP contribution in [0.5, 0.6) is 11.8 Å². The van der Waals surface area contributed by atoms with Crippen molar-refractivity contribution in [2.75, 3.05) is 19.0 Å². The quantitative estimate of drug-likeness (QED) is 0.116. The number of aliphatic hydroxyl groups excluding tert-OH is 1. The average Bonchev–Trinajstić information content (AvgIpc) is 3.69. The lowest BCUT2D eigenvalue weighted by atomic mass is 9.98. The minimum Gasteiger partial charge on any atom is -0.477 e. The van der Waals surface area contributed by atoms with Gasteiger partial charge in [0.1, 0.15) is 11.5 Å². The van der Waals surface area contributed by atoms with Crippen molar-refractivity contribution >= 4 is 11.9 Å². The molecule has 0 atom stereocenters. The molecular formula is C29H31F4N7O3S. The van der Waals surface area contributed by atoms with Crippen molar-refractivity contribution in [3.63, 3.8) is 0 Å². The van der Waals surface area contributed by atoms with Crippen LogP contribution in [0.25, 0.3) is 33.8 Å². The first-order valence-electron chi connectivity index (χ1n) is 13.8. The highest BCUT2D eigenvalue weighted by Crippen LogP contribution is 2.49. The molecule has 0 unspecified atom stereocenters. The van der Waals surface area contributed by atoms with Crippen LogP contribution in [-0.4, -0.2) is 59.8 Å². The van der Waals surface area contributed by atoms with Gasteiger partial charge in [-0.3, -0.25) is 9.82 Å². The maximum atomic E-state index is 14.3. The first-order valence-corrected chi connectivity index (χ1v) is 14.8. The highest BCUT2D eigenvalue weighted by Gasteiger charge is 2.35. The Labute approximate surface area is 254 Å². The zero-order chi connectivity index (χ0) is 31.2. The number of rotatable bonds is 10. The lowest BCUT2D eigenvalue weighted by molar-refractivity contribution is -0.0527. The van der Waals surface area contributed by atoms with Crippen LogP contribution in [0, 0.1) is 0 Å². The molecule has 0 amide bonds. The number of hydrogen-bond donors (Lipinski definition) is 2. The zero-order valence-electron chi connectivity index (χ0n) is 23.7. The molecule has 0 bridgehead atoms. The summed E-state index contributed by atoms with van der Waals surface area (Å²) >= 11 is 1.27. The van der Waals surface area contributed by atoms with E-state index in [0.29, 0.717) is 43.1 Å². The first kappa shape index (κ1) is 31.3. The van der Waals surface area contributed by atoms with E-state index in [9.17, 15) is 17.6 Å². The van der Waals surface area contributed by atoms with Gasteiger partial charge in [-0.2, -0.15) is 13.9 Å². The van der Waals surface area contributed by atoms with Crippen LogP contribution in [0.4, 0.5) is 17.6 Å². The average molecular weight is 634 g/mol. The van der Waals surface area contributed by atoms with Gasteiger partial charge in [-0.05, 0) is 24.1 Å². The van der Waals surface area contributed by atoms with Gasteiger partial charge in [0.25, 0.3) is 6.43 Å². The monoisotopic (exact) mass is 633 g/mol. The molecular weight excluding hydrogens is 602 g/mol. The maximum absolute atomic E-state index is 14.3. The van der Waals surface area contributed by atoms with E-state index in [1.807, 2.05) is 41.1 Å². The van der Waals surface area contributed by atoms with Gasteiger partial charge < -0.3 is 19.1 Å². The zero-order valence-corrected chi connectivity index (χ0v) is 24.6. The van der Waals surface area contributed by atoms with E-state index in [-0.39, 0.29) is 35.2 Å². The molecule has 0 saturated carbocycles. The second-order valence-electron chi connectivity index (χ2n) is 9.83. The number of ether oxygens (including phenoxy) is 2. The number of halogens is 4. The molecule has 0 aliphatic carbocycles. The van der Waals surface area contributed by atoms with E-state index in [2.05, 4.69) is 10.2 Å². The Morgan fingerprint density at radius 2 is 1.86 bits per heavy atom. The summed E-state index contributed by atoms with van der Waals surface area (Å²) in [5, 5.41) is 21.3. The van der Waals surface area contributed by atoms with Gasteiger partial charge in [0.05, 0.1) is 23.4 Å². The predicted octanol–water partition coefficient (Wildman–Crippen LogP) is 5.60. The second kappa shape index (κ2) is 14.1. The van der Waals surface area contributed by atoms with Gasteiger partial charge >= 0.3 is 6.61 Å². The summed E-state index contributed by atoms with van der Waals surface area (Å²) in [6, 6.07) is 13.2. The van der Waals surface area contributed by atoms with Crippen molar-refractivity contribution in [3.05, 3.63) is 66.1 Å². The number of nitrogens with two attached hydrogens (primary N) is 1. The molecule has 3 aliphatic rings. The van der Waals surface area contributed by atoms with Crippen LogP contribution in [0.2, 0.25) is 0 Å². The van der Waals surface area contributed by atoms with Gasteiger partial charge in [-0.25, -0.2) is 18.4 Å². The molecule has 0 radical (unpaired) electrons. The predicted molar refractivity (Wildman–Crippen MR) is 158 cm³/mol. The Balaban J connectivity index is 0.000000584. The highest BCUT2D eigenvalue weighted by atomic mass is 32.2. The van der Waals surface area contributed by atoms with Crippen molar-refractivity contribution < 1.29 is 32.1 Å². The smallest absolute Gasteiger partial charge is 0.388 e. The number of hydrogen-bond acceptors (Lipinski definition) is 8. The molecule has 6 rings (SSSR count). The van der Waals surface area contributed by atoms with Crippen molar-refractivity contribution in [2.45, 2.75) is 39.0 Å². The molecule has 3 aromatic rings. The summed E-state index contributed by atoms with van der Waals surface area (Å²) in [7, 11) is 1.56. The van der Waals surface area contributed by atoms with E-state index in [1.54, 1.807) is 19.2 Å². The number of aromatic nitrogens is 6. The number of alkyl halides is 4. The van der Waals surface area contributed by atoms with Crippen molar-refractivity contribution in [2.24, 2.45) is 12.2 Å². The van der Waals surface area contributed by atoms with E-state index in [0.717, 1.165) is 17.7 Å². The molecule has 1 aromatic carbocycles. The normalized spacial score (nSPS) is 12.8. The van der Waals surface area contributed by atoms with Crippen LogP contribution in [0.1, 0.15) is 30.5 Å². The number of benzene rings is 1. The summed E-state index contributed by atoms with van der Waals surface area (Å²) in [5.41, 5.74) is 1.76. The molecule has 3 aliphatic heterocycles. The molecule has 10 nitrogen and oxygen atoms in total. The molecule has 3 N–H and O–H groups in total. The van der Waals surface area contributed by atoms with Crippen molar-refractivity contribution in [1.82, 2.24) is 29.1 Å². The fourth-order valence-electron chi connectivity index (χ4n) is 4.99. The largest absolute Gasteiger partial charge is 0.477 e. The first-order chi connectivity index (χ1) is 21.3. The Hall–Kier alpha value is -4.08. The molecule has 44 heavy (non-hydrogen) atoms. The summed E-state index contributed by atoms with van der Waals surface area (Å²) in [6.45, 7) is -1.69. The minimum atomic E-state index is -3.13. The summed E-state index contributed by atoms with van der Waals surface area (Å²) in [6.07, 6.45) is 1.84. The standard InChI is InChI=1S/C26H22F4N6O2.C3H9NOS/c1-34-14-17(24(33-34)38-26(29)30)18-16-9-5-10-35(13-15-7-3-2-4-8-15)23(16)31-20(18)19-21(22(27)28)32-36-11-6-12-37-25(19)36;4-6-3-1-2-5/h2-5,7-10,14,22,26H,6,11-13H2,1H3;5H,1-4H2. The van der Waals surface area contributed by atoms with Crippen molar-refractivity contribution in [1.29, 1.82) is 0 Å². The molecule has 15 heteroatoms. The third-order valence-corrected chi connectivity index (χ3v) is 7.30. The van der Waals surface area contributed by atoms with Crippen LogP contribution >= 0.6 is 11.9 Å². The number of aryl methyl sites for hydroxylation is 2. The van der Waals surface area contributed by atoms with Crippen molar-refractivity contribution in [3.8, 4) is 45.5 Å². The third kappa shape index (κ3) is 6.69. The molecule has 5 heterocycles. The Bertz CT molecular complexity index is 1640. The lowest BCUT2D eigenvalue weighted by Crippen LogP contribution is -2.15.